The molecule has 0 aromatic heterocycles. The summed E-state index contributed by atoms with van der Waals surface area (Å²) in [5, 5.41) is 11.2. The molecular weight excluding hydrogens is 408 g/mol. The first-order valence-corrected chi connectivity index (χ1v) is 12.6. The molecule has 0 bridgehead atoms. The Labute approximate surface area is 187 Å². The van der Waals surface area contributed by atoms with Crippen LogP contribution in [-0.4, -0.2) is 20.6 Å². The largest absolute Gasteiger partial charge is 0.385 e. The lowest BCUT2D eigenvalue weighted by atomic mass is 9.74. The first-order valence-electron chi connectivity index (χ1n) is 11.2. The van der Waals surface area contributed by atoms with E-state index in [0.29, 0.717) is 28.9 Å². The topological polar surface area (TPSA) is 63.6 Å². The second-order valence-electron chi connectivity index (χ2n) is 9.86. The molecule has 170 valence electrons. The maximum absolute atomic E-state index is 14.5. The van der Waals surface area contributed by atoms with Crippen LogP contribution in [0.4, 0.5) is 0 Å². The average molecular weight is 445 g/mol. The first kappa shape index (κ1) is 24.0. The number of ether oxygens (including phenoxy) is 1. The fraction of sp³-hybridized carbons (Fsp3) is 0.538. The molecule has 1 aliphatic rings. The lowest BCUT2D eigenvalue weighted by molar-refractivity contribution is -0.0413. The van der Waals surface area contributed by atoms with E-state index in [1.807, 2.05) is 71.9 Å². The number of hydrogen-bond acceptors (Lipinski definition) is 4. The molecule has 0 heterocycles. The molecule has 31 heavy (non-hydrogen) atoms. The van der Waals surface area contributed by atoms with Gasteiger partial charge < -0.3 is 9.84 Å². The van der Waals surface area contributed by atoms with Gasteiger partial charge in [-0.15, -0.1) is 0 Å². The Kier molecular flexibility index (Phi) is 6.45. The minimum Gasteiger partial charge on any atom is -0.385 e. The molecule has 1 fully saturated rings. The summed E-state index contributed by atoms with van der Waals surface area (Å²) in [7, 11) is -2.34. The van der Waals surface area contributed by atoms with Gasteiger partial charge in [-0.2, -0.15) is 0 Å². The lowest BCUT2D eigenvalue weighted by Gasteiger charge is -2.39. The van der Waals surface area contributed by atoms with Gasteiger partial charge in [0.05, 0.1) is 21.0 Å². The summed E-state index contributed by atoms with van der Waals surface area (Å²) in [6.45, 7) is 11.8. The molecule has 4 nitrogen and oxygen atoms in total. The third-order valence-electron chi connectivity index (χ3n) is 6.71. The quantitative estimate of drug-likeness (QED) is 0.567. The van der Waals surface area contributed by atoms with Crippen molar-refractivity contribution >= 4 is 9.84 Å². The smallest absolute Gasteiger partial charge is 0.207 e. The van der Waals surface area contributed by atoms with Crippen molar-refractivity contribution in [2.45, 2.75) is 93.6 Å². The summed E-state index contributed by atoms with van der Waals surface area (Å²) in [6.07, 6.45) is 2.06. The van der Waals surface area contributed by atoms with Crippen LogP contribution in [-0.2, 0) is 25.8 Å². The van der Waals surface area contributed by atoms with Crippen molar-refractivity contribution in [3.8, 4) is 0 Å². The number of methoxy groups -OCH3 is 1. The molecular formula is C26H36O4S. The minimum atomic E-state index is -3.94. The second-order valence-corrected chi connectivity index (χ2v) is 11.7. The van der Waals surface area contributed by atoms with Gasteiger partial charge in [0.2, 0.25) is 9.84 Å². The van der Waals surface area contributed by atoms with E-state index in [1.54, 1.807) is 13.2 Å². The summed E-state index contributed by atoms with van der Waals surface area (Å²) in [6, 6.07) is 11.2. The van der Waals surface area contributed by atoms with Gasteiger partial charge in [0, 0.05) is 18.2 Å². The van der Waals surface area contributed by atoms with E-state index >= 15 is 0 Å². The van der Waals surface area contributed by atoms with Crippen LogP contribution in [0, 0.1) is 0 Å². The molecule has 0 amide bonds. The van der Waals surface area contributed by atoms with Gasteiger partial charge in [0.15, 0.2) is 0 Å². The molecule has 0 atom stereocenters. The Hall–Kier alpha value is -1.69. The van der Waals surface area contributed by atoms with E-state index in [4.69, 9.17) is 4.74 Å². The molecule has 0 radical (unpaired) electrons. The SMILES string of the molecule is COC(C)(C)c1cccc(C(C)C)c1S(=O)(=O)c1c(C(C)C)cccc1C1(O)CCC1. The Morgan fingerprint density at radius 3 is 1.90 bits per heavy atom. The summed E-state index contributed by atoms with van der Waals surface area (Å²) < 4.78 is 34.7. The number of sulfone groups is 1. The highest BCUT2D eigenvalue weighted by molar-refractivity contribution is 7.91. The van der Waals surface area contributed by atoms with Gasteiger partial charge in [-0.05, 0) is 56.1 Å². The molecule has 1 aliphatic carbocycles. The van der Waals surface area contributed by atoms with Gasteiger partial charge in [0.1, 0.15) is 0 Å². The van der Waals surface area contributed by atoms with E-state index in [-0.39, 0.29) is 16.7 Å². The van der Waals surface area contributed by atoms with Crippen LogP contribution in [0.2, 0.25) is 0 Å². The molecule has 3 rings (SSSR count). The summed E-state index contributed by atoms with van der Waals surface area (Å²) in [4.78, 5) is 0.586. The van der Waals surface area contributed by atoms with Crippen LogP contribution in [0.1, 0.15) is 94.9 Å². The summed E-state index contributed by atoms with van der Waals surface area (Å²) in [5.41, 5.74) is 0.825. The standard InChI is InChI=1S/C26H36O4S/c1-17(2)19-11-8-13-21(25(5,6)30-7)23(19)31(28,29)24-20(18(3)4)12-9-14-22(24)26(27)15-10-16-26/h8-9,11-14,17-18,27H,10,15-16H2,1-7H3. The Bertz CT molecular complexity index is 988. The van der Waals surface area contributed by atoms with Crippen LogP contribution >= 0.6 is 0 Å². The van der Waals surface area contributed by atoms with Gasteiger partial charge in [-0.25, -0.2) is 8.42 Å². The fourth-order valence-corrected chi connectivity index (χ4v) is 7.04. The van der Waals surface area contributed by atoms with Crippen molar-refractivity contribution in [1.29, 1.82) is 0 Å². The van der Waals surface area contributed by atoms with Crippen molar-refractivity contribution in [2.24, 2.45) is 0 Å². The van der Waals surface area contributed by atoms with E-state index in [9.17, 15) is 13.5 Å². The van der Waals surface area contributed by atoms with Crippen molar-refractivity contribution < 1.29 is 18.3 Å². The molecule has 0 aliphatic heterocycles. The fourth-order valence-electron chi connectivity index (χ4n) is 4.45. The zero-order valence-corrected chi connectivity index (χ0v) is 20.6. The Morgan fingerprint density at radius 2 is 1.45 bits per heavy atom. The van der Waals surface area contributed by atoms with E-state index in [0.717, 1.165) is 17.5 Å². The molecule has 0 saturated heterocycles. The first-order chi connectivity index (χ1) is 14.4. The average Bonchev–Trinajstić information content (AvgIpc) is 2.70. The van der Waals surface area contributed by atoms with Gasteiger partial charge in [-0.3, -0.25) is 0 Å². The lowest BCUT2D eigenvalue weighted by Crippen LogP contribution is -2.36. The van der Waals surface area contributed by atoms with Gasteiger partial charge in [-0.1, -0.05) is 64.1 Å². The van der Waals surface area contributed by atoms with Crippen LogP contribution in [0.3, 0.4) is 0 Å². The molecule has 5 heteroatoms. The van der Waals surface area contributed by atoms with Crippen molar-refractivity contribution in [1.82, 2.24) is 0 Å². The zero-order chi connectivity index (χ0) is 23.2. The molecule has 2 aromatic carbocycles. The maximum atomic E-state index is 14.5. The second kappa shape index (κ2) is 8.34. The third kappa shape index (κ3) is 4.08. The number of benzene rings is 2. The van der Waals surface area contributed by atoms with Gasteiger partial charge in [0.25, 0.3) is 0 Å². The molecule has 0 spiro atoms. The van der Waals surface area contributed by atoms with Crippen molar-refractivity contribution in [3.63, 3.8) is 0 Å². The highest BCUT2D eigenvalue weighted by Crippen LogP contribution is 2.48. The molecule has 1 N–H and O–H groups in total. The highest BCUT2D eigenvalue weighted by Gasteiger charge is 2.43. The summed E-state index contributed by atoms with van der Waals surface area (Å²) >= 11 is 0. The van der Waals surface area contributed by atoms with Crippen LogP contribution in [0.15, 0.2) is 46.2 Å². The van der Waals surface area contributed by atoms with Crippen molar-refractivity contribution in [2.75, 3.05) is 7.11 Å². The molecule has 2 aromatic rings. The van der Waals surface area contributed by atoms with Crippen LogP contribution < -0.4 is 0 Å². The normalized spacial score (nSPS) is 16.6. The maximum Gasteiger partial charge on any atom is 0.207 e. The van der Waals surface area contributed by atoms with Crippen LogP contribution in [0.5, 0.6) is 0 Å². The van der Waals surface area contributed by atoms with Crippen molar-refractivity contribution in [3.05, 3.63) is 58.7 Å². The predicted octanol–water partition coefficient (Wildman–Crippen LogP) is 6.02. The summed E-state index contributed by atoms with van der Waals surface area (Å²) in [5.74, 6) is 0.0114. The van der Waals surface area contributed by atoms with Gasteiger partial charge >= 0.3 is 0 Å². The molecule has 1 saturated carbocycles. The monoisotopic (exact) mass is 444 g/mol. The molecule has 0 unspecified atom stereocenters. The van der Waals surface area contributed by atoms with E-state index in [1.165, 1.54) is 0 Å². The van der Waals surface area contributed by atoms with E-state index in [2.05, 4.69) is 0 Å². The zero-order valence-electron chi connectivity index (χ0n) is 19.8. The number of rotatable bonds is 7. The number of aliphatic hydroxyl groups is 1. The van der Waals surface area contributed by atoms with Crippen LogP contribution in [0.25, 0.3) is 0 Å². The number of hydrogen-bond donors (Lipinski definition) is 1. The third-order valence-corrected chi connectivity index (χ3v) is 8.70. The predicted molar refractivity (Wildman–Crippen MR) is 124 cm³/mol. The highest BCUT2D eigenvalue weighted by atomic mass is 32.2. The Morgan fingerprint density at radius 1 is 0.935 bits per heavy atom. The Balaban J connectivity index is 2.44. The minimum absolute atomic E-state index is 0.00139. The van der Waals surface area contributed by atoms with E-state index < -0.39 is 21.0 Å².